The number of carbonyl (C=O) groups excluding carboxylic acids is 2. The number of ether oxygens (including phenoxy) is 1. The van der Waals surface area contributed by atoms with E-state index in [0.29, 0.717) is 17.4 Å². The van der Waals surface area contributed by atoms with Crippen LogP contribution in [0.1, 0.15) is 316 Å². The number of carbonyl (C=O) groups is 2. The highest BCUT2D eigenvalue weighted by atomic mass is 31.2. The first-order valence-corrected chi connectivity index (χ1v) is 37.1. The van der Waals surface area contributed by atoms with Crippen molar-refractivity contribution in [2.75, 3.05) is 40.9 Å². The lowest BCUT2D eigenvalue weighted by Crippen LogP contribution is -2.47. The number of unbranched alkanes of at least 4 members (excludes halogenated alkanes) is 34. The average molecular weight is 1210 g/mol. The SMILES string of the molecule is CC/C=C\C/C=C\C/C=C\C/C=C\C/C=C\CCCCCCCCCCCC(=O)NC(COP(=O)(O)OCC[N+](C)(C)C)C(/C=C\CCCCCCCCCCCCC)OC(=O)CCCCCCCCCCCCC/C=C\C/C=C\CCCCC. The van der Waals surface area contributed by atoms with Crippen LogP contribution in [-0.4, -0.2) is 74.3 Å². The van der Waals surface area contributed by atoms with Crippen LogP contribution >= 0.6 is 7.82 Å². The Hall–Kier alpha value is -3.07. The molecule has 3 atom stereocenters. The third kappa shape index (κ3) is 65.2. The Morgan fingerprint density at radius 1 is 0.424 bits per heavy atom. The van der Waals surface area contributed by atoms with Crippen LogP contribution in [0.15, 0.2) is 97.2 Å². The average Bonchev–Trinajstić information content (AvgIpc) is 3.64. The van der Waals surface area contributed by atoms with Gasteiger partial charge in [0.15, 0.2) is 0 Å². The van der Waals surface area contributed by atoms with Crippen molar-refractivity contribution >= 4 is 19.7 Å². The Bertz CT molecular complexity index is 1780. The maximum atomic E-state index is 13.6. The Kier molecular flexibility index (Phi) is 61.6. The number of amides is 1. The lowest BCUT2D eigenvalue weighted by atomic mass is 10.0. The van der Waals surface area contributed by atoms with Crippen LogP contribution in [0.4, 0.5) is 0 Å². The number of esters is 1. The van der Waals surface area contributed by atoms with E-state index in [-0.39, 0.29) is 31.5 Å². The van der Waals surface area contributed by atoms with Gasteiger partial charge in [-0.05, 0) is 109 Å². The van der Waals surface area contributed by atoms with E-state index in [2.05, 4.69) is 111 Å². The minimum atomic E-state index is -4.46. The van der Waals surface area contributed by atoms with Crippen molar-refractivity contribution in [3.05, 3.63) is 97.2 Å². The van der Waals surface area contributed by atoms with Crippen molar-refractivity contribution in [3.8, 4) is 0 Å². The molecule has 0 fully saturated rings. The van der Waals surface area contributed by atoms with E-state index in [1.165, 1.54) is 173 Å². The summed E-state index contributed by atoms with van der Waals surface area (Å²) >= 11 is 0. The van der Waals surface area contributed by atoms with Gasteiger partial charge in [0.1, 0.15) is 19.3 Å². The van der Waals surface area contributed by atoms with Crippen LogP contribution in [0.2, 0.25) is 0 Å². The van der Waals surface area contributed by atoms with Crippen LogP contribution in [-0.2, 0) is 27.9 Å². The number of hydrogen-bond acceptors (Lipinski definition) is 6. The summed E-state index contributed by atoms with van der Waals surface area (Å²) in [7, 11) is 1.49. The van der Waals surface area contributed by atoms with Gasteiger partial charge in [0.2, 0.25) is 5.91 Å². The second-order valence-electron chi connectivity index (χ2n) is 25.0. The summed E-state index contributed by atoms with van der Waals surface area (Å²) in [6.07, 6.45) is 86.9. The van der Waals surface area contributed by atoms with Gasteiger partial charge in [0.05, 0.1) is 33.8 Å². The zero-order chi connectivity index (χ0) is 62.1. The Balaban J connectivity index is 5.13. The summed E-state index contributed by atoms with van der Waals surface area (Å²) < 4.78 is 30.8. The Morgan fingerprint density at radius 3 is 1.15 bits per heavy atom. The molecule has 0 aromatic carbocycles. The smallest absolute Gasteiger partial charge is 0.456 e. The summed E-state index contributed by atoms with van der Waals surface area (Å²) in [5.41, 5.74) is 0. The van der Waals surface area contributed by atoms with Crippen molar-refractivity contribution in [1.82, 2.24) is 5.32 Å². The molecule has 0 spiro atoms. The molecule has 0 radical (unpaired) electrons. The maximum Gasteiger partial charge on any atom is 0.472 e. The molecule has 1 amide bonds. The topological polar surface area (TPSA) is 111 Å². The van der Waals surface area contributed by atoms with Crippen molar-refractivity contribution in [2.24, 2.45) is 0 Å². The Morgan fingerprint density at radius 2 is 0.753 bits per heavy atom. The van der Waals surface area contributed by atoms with E-state index in [9.17, 15) is 19.0 Å². The van der Waals surface area contributed by atoms with Crippen LogP contribution in [0.25, 0.3) is 0 Å². The number of nitrogens with zero attached hydrogens (tertiary/aromatic N) is 1. The number of phosphoric acid groups is 1. The first-order valence-electron chi connectivity index (χ1n) is 35.6. The highest BCUT2D eigenvalue weighted by Gasteiger charge is 2.30. The molecule has 0 heterocycles. The molecule has 0 saturated carbocycles. The monoisotopic (exact) mass is 1210 g/mol. The first-order chi connectivity index (χ1) is 41.4. The maximum absolute atomic E-state index is 13.6. The predicted molar refractivity (Wildman–Crippen MR) is 369 cm³/mol. The zero-order valence-electron chi connectivity index (χ0n) is 56.3. The zero-order valence-corrected chi connectivity index (χ0v) is 57.2. The summed E-state index contributed by atoms with van der Waals surface area (Å²) in [4.78, 5) is 37.9. The molecule has 0 aromatic heterocycles. The lowest BCUT2D eigenvalue weighted by molar-refractivity contribution is -0.870. The Labute approximate surface area is 526 Å². The summed E-state index contributed by atoms with van der Waals surface area (Å²) in [5.74, 6) is -0.509. The van der Waals surface area contributed by atoms with E-state index in [4.69, 9.17) is 13.8 Å². The second-order valence-corrected chi connectivity index (χ2v) is 26.5. The number of hydrogen-bond donors (Lipinski definition) is 2. The number of allylic oxidation sites excluding steroid dienone is 15. The summed E-state index contributed by atoms with van der Waals surface area (Å²) in [5, 5.41) is 3.07. The van der Waals surface area contributed by atoms with E-state index in [1.54, 1.807) is 0 Å². The number of likely N-dealkylation sites (N-methyl/N-ethyl adjacent to an activating group) is 1. The fourth-order valence-electron chi connectivity index (χ4n) is 10.1. The van der Waals surface area contributed by atoms with Crippen LogP contribution in [0.3, 0.4) is 0 Å². The van der Waals surface area contributed by atoms with E-state index < -0.39 is 20.0 Å². The van der Waals surface area contributed by atoms with Gasteiger partial charge in [0, 0.05) is 12.8 Å². The minimum Gasteiger partial charge on any atom is -0.456 e. The van der Waals surface area contributed by atoms with Crippen molar-refractivity contribution in [3.63, 3.8) is 0 Å². The van der Waals surface area contributed by atoms with Gasteiger partial charge in [-0.3, -0.25) is 18.6 Å². The highest BCUT2D eigenvalue weighted by Crippen LogP contribution is 2.43. The molecule has 0 rings (SSSR count). The fraction of sp³-hybridized carbons (Fsp3) is 0.760. The largest absolute Gasteiger partial charge is 0.472 e. The molecule has 0 aromatic rings. The predicted octanol–water partition coefficient (Wildman–Crippen LogP) is 22.7. The number of quaternary nitrogens is 1. The van der Waals surface area contributed by atoms with Gasteiger partial charge in [-0.25, -0.2) is 4.57 Å². The molecular formula is C75H136N2O7P+. The van der Waals surface area contributed by atoms with E-state index in [0.717, 1.165) is 109 Å². The molecule has 9 nitrogen and oxygen atoms in total. The normalized spacial score (nSPS) is 14.1. The van der Waals surface area contributed by atoms with Gasteiger partial charge in [-0.1, -0.05) is 292 Å². The number of phosphoric ester groups is 1. The molecular weight excluding hydrogens is 1070 g/mol. The molecule has 0 bridgehead atoms. The van der Waals surface area contributed by atoms with Crippen LogP contribution < -0.4 is 5.32 Å². The van der Waals surface area contributed by atoms with Gasteiger partial charge in [0.25, 0.3) is 0 Å². The molecule has 0 aliphatic carbocycles. The van der Waals surface area contributed by atoms with Gasteiger partial charge in [-0.2, -0.15) is 0 Å². The van der Waals surface area contributed by atoms with E-state index in [1.807, 2.05) is 33.3 Å². The van der Waals surface area contributed by atoms with E-state index >= 15 is 0 Å². The third-order valence-corrected chi connectivity index (χ3v) is 16.5. The molecule has 85 heavy (non-hydrogen) atoms. The third-order valence-electron chi connectivity index (χ3n) is 15.5. The molecule has 3 unspecified atom stereocenters. The van der Waals surface area contributed by atoms with Crippen LogP contribution in [0.5, 0.6) is 0 Å². The van der Waals surface area contributed by atoms with Gasteiger partial charge >= 0.3 is 13.8 Å². The minimum absolute atomic E-state index is 0.0353. The summed E-state index contributed by atoms with van der Waals surface area (Å²) in [6, 6.07) is -0.859. The summed E-state index contributed by atoms with van der Waals surface area (Å²) in [6.45, 7) is 6.90. The number of rotatable bonds is 64. The number of nitrogens with one attached hydrogen (secondary N) is 1. The second kappa shape index (κ2) is 63.9. The lowest BCUT2D eigenvalue weighted by Gasteiger charge is -2.27. The quantitative estimate of drug-likeness (QED) is 0.0205. The molecule has 0 saturated heterocycles. The van der Waals surface area contributed by atoms with Crippen LogP contribution in [0, 0.1) is 0 Å². The fourth-order valence-corrected chi connectivity index (χ4v) is 10.8. The van der Waals surface area contributed by atoms with Gasteiger partial charge in [-0.15, -0.1) is 0 Å². The molecule has 10 heteroatoms. The molecule has 0 aliphatic rings. The van der Waals surface area contributed by atoms with Crippen molar-refractivity contribution in [1.29, 1.82) is 0 Å². The molecule has 492 valence electrons. The first kappa shape index (κ1) is 81.9. The van der Waals surface area contributed by atoms with Crippen molar-refractivity contribution < 1.29 is 37.3 Å². The molecule has 0 aliphatic heterocycles. The highest BCUT2D eigenvalue weighted by molar-refractivity contribution is 7.47. The molecule has 2 N–H and O–H groups in total. The van der Waals surface area contributed by atoms with Gasteiger partial charge < -0.3 is 19.4 Å². The van der Waals surface area contributed by atoms with Crippen molar-refractivity contribution in [2.45, 2.75) is 328 Å². The standard InChI is InChI=1S/C75H135N2O7P/c1-7-10-13-16-19-22-25-28-30-32-34-36-37-38-39-41-42-44-46-49-52-55-58-61-64-67-74(78)76-72(71-83-85(80,81)82-70-69-77(4,5)6)73(66-63-60-57-54-51-48-27-24-21-18-15-12-9-3)84-75(79)68-65-62-59-56-53-50-47-45-43-40-35-33-31-29-26-23-20-17-14-11-8-2/h10,13,19-20,22-23,28-31,34,36,38-39,63,66,72-73H,7-9,11-12,14-18,21,24-27,32-33,35,37,40-62,64-65,67-71H2,1-6H3,(H-,76,78,80,81)/p+1/b13-10-,22-19-,23-20-,30-28-,31-29-,36-34-,39-38-,66-63-.